The Morgan fingerprint density at radius 1 is 1.17 bits per heavy atom. The van der Waals surface area contributed by atoms with Crippen molar-refractivity contribution in [2.45, 2.75) is 0 Å². The maximum absolute atomic E-state index is 11.2. The maximum atomic E-state index is 11.2. The molecule has 0 fully saturated rings. The molecule has 0 unspecified atom stereocenters. The summed E-state index contributed by atoms with van der Waals surface area (Å²) in [4.78, 5) is 15.3. The largest absolute Gasteiger partial charge is 0.478 e. The third-order valence-corrected chi connectivity index (χ3v) is 2.83. The number of hydrogen-bond acceptors (Lipinski definition) is 3. The van der Waals surface area contributed by atoms with Gasteiger partial charge >= 0.3 is 5.97 Å². The Balaban J connectivity index is 2.28. The summed E-state index contributed by atoms with van der Waals surface area (Å²) in [5.41, 5.74) is 2.75. The van der Waals surface area contributed by atoms with E-state index < -0.39 is 5.97 Å². The zero-order chi connectivity index (χ0) is 12.5. The number of fused-ring (bicyclic) bond motifs is 1. The summed E-state index contributed by atoms with van der Waals surface area (Å²) in [6, 6.07) is 8.86. The zero-order valence-corrected chi connectivity index (χ0v) is 9.33. The van der Waals surface area contributed by atoms with Crippen molar-refractivity contribution in [1.82, 2.24) is 4.98 Å². The second kappa shape index (κ2) is 4.00. The van der Waals surface area contributed by atoms with E-state index in [2.05, 4.69) is 4.98 Å². The van der Waals surface area contributed by atoms with Crippen molar-refractivity contribution in [3.63, 3.8) is 0 Å². The van der Waals surface area contributed by atoms with Gasteiger partial charge in [-0.1, -0.05) is 6.07 Å². The Bertz CT molecular complexity index is 717. The number of carboxylic acids is 1. The summed E-state index contributed by atoms with van der Waals surface area (Å²) >= 11 is 0. The molecule has 3 aromatic rings. The molecule has 0 bridgehead atoms. The number of aromatic nitrogens is 1. The topological polar surface area (TPSA) is 63.3 Å². The summed E-state index contributed by atoms with van der Waals surface area (Å²) in [5.74, 6) is -0.952. The van der Waals surface area contributed by atoms with Gasteiger partial charge in [0.15, 0.2) is 0 Å². The van der Waals surface area contributed by atoms with Crippen LogP contribution in [0.4, 0.5) is 0 Å². The molecule has 1 N–H and O–H groups in total. The van der Waals surface area contributed by atoms with Gasteiger partial charge in [0, 0.05) is 17.1 Å². The van der Waals surface area contributed by atoms with Crippen LogP contribution < -0.4 is 0 Å². The van der Waals surface area contributed by atoms with Gasteiger partial charge in [0.25, 0.3) is 0 Å². The van der Waals surface area contributed by atoms with Crippen LogP contribution in [0.5, 0.6) is 0 Å². The van der Waals surface area contributed by atoms with Crippen LogP contribution in [0, 0.1) is 0 Å². The number of rotatable bonds is 2. The number of nitrogens with zero attached hydrogens (tertiary/aromatic N) is 1. The molecule has 0 amide bonds. The fourth-order valence-corrected chi connectivity index (χ4v) is 1.94. The summed E-state index contributed by atoms with van der Waals surface area (Å²) in [7, 11) is 0. The van der Waals surface area contributed by atoms with Gasteiger partial charge in [-0.15, -0.1) is 0 Å². The van der Waals surface area contributed by atoms with Crippen LogP contribution in [0.25, 0.3) is 22.0 Å². The second-order valence-electron chi connectivity index (χ2n) is 3.91. The Morgan fingerprint density at radius 2 is 2.06 bits per heavy atom. The van der Waals surface area contributed by atoms with Gasteiger partial charge in [-0.2, -0.15) is 0 Å². The van der Waals surface area contributed by atoms with E-state index in [1.165, 1.54) is 12.3 Å². The lowest BCUT2D eigenvalue weighted by atomic mass is 10.0. The molecule has 1 aromatic carbocycles. The molecule has 0 spiro atoms. The molecule has 88 valence electrons. The van der Waals surface area contributed by atoms with Crippen molar-refractivity contribution in [3.8, 4) is 11.1 Å². The Hall–Kier alpha value is -2.62. The highest BCUT2D eigenvalue weighted by molar-refractivity contribution is 6.03. The Labute approximate surface area is 103 Å². The highest BCUT2D eigenvalue weighted by atomic mass is 16.4. The summed E-state index contributed by atoms with van der Waals surface area (Å²) < 4.78 is 5.03. The molecule has 18 heavy (non-hydrogen) atoms. The van der Waals surface area contributed by atoms with Crippen molar-refractivity contribution >= 4 is 16.9 Å². The molecule has 4 heteroatoms. The predicted octanol–water partition coefficient (Wildman–Crippen LogP) is 3.19. The summed E-state index contributed by atoms with van der Waals surface area (Å²) in [6.45, 7) is 0. The minimum absolute atomic E-state index is 0.255. The molecule has 0 atom stereocenters. The van der Waals surface area contributed by atoms with Crippen LogP contribution in [0.1, 0.15) is 10.4 Å². The SMILES string of the molecule is O=C(O)c1ccnc2ccc(-c3ccoc3)cc12. The van der Waals surface area contributed by atoms with E-state index in [9.17, 15) is 4.79 Å². The van der Waals surface area contributed by atoms with E-state index in [0.29, 0.717) is 10.9 Å². The van der Waals surface area contributed by atoms with Gasteiger partial charge in [-0.25, -0.2) is 4.79 Å². The molecular formula is C14H9NO3. The molecular weight excluding hydrogens is 230 g/mol. The second-order valence-corrected chi connectivity index (χ2v) is 3.91. The first-order valence-electron chi connectivity index (χ1n) is 5.40. The monoisotopic (exact) mass is 239 g/mol. The van der Waals surface area contributed by atoms with Crippen molar-refractivity contribution in [1.29, 1.82) is 0 Å². The van der Waals surface area contributed by atoms with Crippen LogP contribution >= 0.6 is 0 Å². The van der Waals surface area contributed by atoms with Crippen molar-refractivity contribution in [3.05, 3.63) is 54.6 Å². The Kier molecular flexibility index (Phi) is 2.34. The van der Waals surface area contributed by atoms with Crippen molar-refractivity contribution in [2.24, 2.45) is 0 Å². The lowest BCUT2D eigenvalue weighted by Crippen LogP contribution is -1.98. The van der Waals surface area contributed by atoms with E-state index in [-0.39, 0.29) is 5.56 Å². The first kappa shape index (κ1) is 10.5. The van der Waals surface area contributed by atoms with Crippen LogP contribution in [0.3, 0.4) is 0 Å². The minimum atomic E-state index is -0.952. The smallest absolute Gasteiger partial charge is 0.336 e. The fraction of sp³-hybridized carbons (Fsp3) is 0. The number of furan rings is 1. The quantitative estimate of drug-likeness (QED) is 0.745. The fourth-order valence-electron chi connectivity index (χ4n) is 1.94. The molecule has 0 aliphatic carbocycles. The van der Waals surface area contributed by atoms with E-state index >= 15 is 0 Å². The van der Waals surface area contributed by atoms with E-state index in [1.807, 2.05) is 24.3 Å². The average molecular weight is 239 g/mol. The van der Waals surface area contributed by atoms with Gasteiger partial charge in [0.05, 0.1) is 23.6 Å². The number of pyridine rings is 1. The van der Waals surface area contributed by atoms with Crippen molar-refractivity contribution < 1.29 is 14.3 Å². The molecule has 2 aromatic heterocycles. The lowest BCUT2D eigenvalue weighted by Gasteiger charge is -2.04. The molecule has 0 aliphatic heterocycles. The van der Waals surface area contributed by atoms with Gasteiger partial charge in [-0.3, -0.25) is 4.98 Å². The lowest BCUT2D eigenvalue weighted by molar-refractivity contribution is 0.0699. The summed E-state index contributed by atoms with van der Waals surface area (Å²) in [6.07, 6.45) is 4.71. The highest BCUT2D eigenvalue weighted by Crippen LogP contribution is 2.25. The Morgan fingerprint density at radius 3 is 2.78 bits per heavy atom. The van der Waals surface area contributed by atoms with E-state index in [4.69, 9.17) is 9.52 Å². The maximum Gasteiger partial charge on any atom is 0.336 e. The van der Waals surface area contributed by atoms with Crippen LogP contribution in [0.15, 0.2) is 53.5 Å². The molecule has 4 nitrogen and oxygen atoms in total. The standard InChI is InChI=1S/C14H9NO3/c16-14(17)11-3-5-15-13-2-1-9(7-12(11)13)10-4-6-18-8-10/h1-8H,(H,16,17). The number of carbonyl (C=O) groups is 1. The van der Waals surface area contributed by atoms with E-state index in [1.54, 1.807) is 12.5 Å². The van der Waals surface area contributed by atoms with Crippen LogP contribution in [0.2, 0.25) is 0 Å². The number of hydrogen-bond donors (Lipinski definition) is 1. The average Bonchev–Trinajstić information content (AvgIpc) is 2.91. The molecule has 0 saturated carbocycles. The predicted molar refractivity (Wildman–Crippen MR) is 66.4 cm³/mol. The zero-order valence-electron chi connectivity index (χ0n) is 9.33. The van der Waals surface area contributed by atoms with Crippen LogP contribution in [-0.2, 0) is 0 Å². The van der Waals surface area contributed by atoms with E-state index in [0.717, 1.165) is 11.1 Å². The van der Waals surface area contributed by atoms with Gasteiger partial charge in [0.1, 0.15) is 0 Å². The van der Waals surface area contributed by atoms with Gasteiger partial charge in [-0.05, 0) is 29.8 Å². The summed E-state index contributed by atoms with van der Waals surface area (Å²) in [5, 5.41) is 9.79. The van der Waals surface area contributed by atoms with Crippen LogP contribution in [-0.4, -0.2) is 16.1 Å². The highest BCUT2D eigenvalue weighted by Gasteiger charge is 2.10. The first-order valence-corrected chi connectivity index (χ1v) is 5.40. The van der Waals surface area contributed by atoms with Gasteiger partial charge < -0.3 is 9.52 Å². The number of aromatic carboxylic acids is 1. The number of benzene rings is 1. The minimum Gasteiger partial charge on any atom is -0.478 e. The number of carboxylic acid groups (broad SMARTS) is 1. The molecule has 0 aliphatic rings. The molecule has 0 radical (unpaired) electrons. The first-order chi connectivity index (χ1) is 8.75. The van der Waals surface area contributed by atoms with Gasteiger partial charge in [0.2, 0.25) is 0 Å². The molecule has 3 rings (SSSR count). The normalized spacial score (nSPS) is 10.7. The third kappa shape index (κ3) is 1.64. The molecule has 2 heterocycles. The van der Waals surface area contributed by atoms with Crippen molar-refractivity contribution in [2.75, 3.05) is 0 Å². The molecule has 0 saturated heterocycles. The third-order valence-electron chi connectivity index (χ3n) is 2.83.